The van der Waals surface area contributed by atoms with Crippen molar-refractivity contribution in [2.75, 3.05) is 0 Å². The lowest BCUT2D eigenvalue weighted by atomic mass is 10.1. The summed E-state index contributed by atoms with van der Waals surface area (Å²) >= 11 is 0. The maximum Gasteiger partial charge on any atom is 0.295 e. The zero-order valence-electron chi connectivity index (χ0n) is 17.6. The highest BCUT2D eigenvalue weighted by Gasteiger charge is 2.20. The van der Waals surface area contributed by atoms with Gasteiger partial charge < -0.3 is 0 Å². The second-order valence-electron chi connectivity index (χ2n) is 7.00. The number of benzene rings is 2. The third-order valence-corrected chi connectivity index (χ3v) is 6.47. The van der Waals surface area contributed by atoms with Crippen molar-refractivity contribution in [2.45, 2.75) is 23.1 Å². The molecule has 34 heavy (non-hydrogen) atoms. The molecule has 14 heteroatoms. The summed E-state index contributed by atoms with van der Waals surface area (Å²) in [6, 6.07) is 6.72. The Morgan fingerprint density at radius 1 is 1.00 bits per heavy atom. The molecule has 0 saturated carbocycles. The molecule has 0 atom stereocenters. The van der Waals surface area contributed by atoms with E-state index in [9.17, 15) is 36.1 Å². The molecule has 2 N–H and O–H groups in total. The number of nitro groups is 1. The standard InChI is InChI=1S/C20H18N4O8S2/c1-3-4-18-13(2)21-23(22-18)16-9-7-14(19(11-16)33(27,28)29)5-6-15-8-10-17(24(25)26)12-20(15)34(30,31)32/h3,5-12H,1,4H2,2H3,(H,27,28,29)(H,30,31,32)/b6-5+. The minimum absolute atomic E-state index is 0.0268. The average molecular weight is 507 g/mol. The number of aromatic nitrogens is 3. The predicted molar refractivity (Wildman–Crippen MR) is 122 cm³/mol. The monoisotopic (exact) mass is 506 g/mol. The first-order valence-electron chi connectivity index (χ1n) is 9.41. The molecule has 0 fully saturated rings. The molecule has 3 rings (SSSR count). The van der Waals surface area contributed by atoms with Gasteiger partial charge in [-0.05, 0) is 36.2 Å². The molecule has 12 nitrogen and oxygen atoms in total. The summed E-state index contributed by atoms with van der Waals surface area (Å²) < 4.78 is 66.6. The smallest absolute Gasteiger partial charge is 0.282 e. The van der Waals surface area contributed by atoms with Gasteiger partial charge in [-0.3, -0.25) is 19.2 Å². The Labute approximate surface area is 194 Å². The van der Waals surface area contributed by atoms with Crippen molar-refractivity contribution in [2.24, 2.45) is 0 Å². The molecule has 1 aromatic heterocycles. The van der Waals surface area contributed by atoms with Gasteiger partial charge in [-0.1, -0.05) is 24.3 Å². The zero-order chi connectivity index (χ0) is 25.3. The molecule has 1 heterocycles. The van der Waals surface area contributed by atoms with Crippen LogP contribution in [0.15, 0.2) is 58.8 Å². The summed E-state index contributed by atoms with van der Waals surface area (Å²) in [5.41, 5.74) is 0.734. The van der Waals surface area contributed by atoms with Crippen LogP contribution in [0.25, 0.3) is 17.8 Å². The molecule has 3 aromatic rings. The highest BCUT2D eigenvalue weighted by molar-refractivity contribution is 7.86. The third kappa shape index (κ3) is 5.43. The Hall–Kier alpha value is -3.72. The van der Waals surface area contributed by atoms with Gasteiger partial charge in [0.15, 0.2) is 0 Å². The molecule has 0 amide bonds. The first kappa shape index (κ1) is 24.9. The Morgan fingerprint density at radius 3 is 2.09 bits per heavy atom. The van der Waals surface area contributed by atoms with Crippen LogP contribution in [0.1, 0.15) is 22.5 Å². The van der Waals surface area contributed by atoms with E-state index in [0.717, 1.165) is 24.3 Å². The van der Waals surface area contributed by atoms with Crippen LogP contribution in [0.3, 0.4) is 0 Å². The molecule has 0 aliphatic rings. The van der Waals surface area contributed by atoms with Gasteiger partial charge in [-0.15, -0.1) is 6.58 Å². The van der Waals surface area contributed by atoms with Crippen molar-refractivity contribution in [3.05, 3.63) is 81.7 Å². The molecule has 0 aliphatic carbocycles. The number of aryl methyl sites for hydroxylation is 1. The Kier molecular flexibility index (Phi) is 6.79. The number of allylic oxidation sites excluding steroid dienone is 1. The third-order valence-electron chi connectivity index (χ3n) is 4.65. The van der Waals surface area contributed by atoms with E-state index in [2.05, 4.69) is 16.8 Å². The van der Waals surface area contributed by atoms with E-state index < -0.39 is 40.6 Å². The van der Waals surface area contributed by atoms with Gasteiger partial charge in [0, 0.05) is 18.6 Å². The molecule has 0 aliphatic heterocycles. The van der Waals surface area contributed by atoms with E-state index >= 15 is 0 Å². The van der Waals surface area contributed by atoms with Crippen LogP contribution in [0, 0.1) is 17.0 Å². The van der Waals surface area contributed by atoms with E-state index in [-0.39, 0.29) is 16.8 Å². The Bertz CT molecular complexity index is 1540. The lowest BCUT2D eigenvalue weighted by Gasteiger charge is -2.07. The quantitative estimate of drug-likeness (QED) is 0.151. The largest absolute Gasteiger partial charge is 0.295 e. The van der Waals surface area contributed by atoms with Crippen molar-refractivity contribution < 1.29 is 30.9 Å². The SMILES string of the molecule is C=CCc1nn(-c2ccc(/C=C/c3ccc([N+](=O)[O-])cc3S(=O)(=O)O)c(S(=O)(=O)O)c2)nc1C. The summed E-state index contributed by atoms with van der Waals surface area (Å²) in [7, 11) is -9.56. The first-order chi connectivity index (χ1) is 15.8. The van der Waals surface area contributed by atoms with Gasteiger partial charge >= 0.3 is 0 Å². The molecule has 0 bridgehead atoms. The van der Waals surface area contributed by atoms with E-state index in [1.165, 1.54) is 23.0 Å². The fourth-order valence-corrected chi connectivity index (χ4v) is 4.44. The summed E-state index contributed by atoms with van der Waals surface area (Å²) in [5.74, 6) is 0. The number of hydrogen-bond acceptors (Lipinski definition) is 8. The van der Waals surface area contributed by atoms with Crippen LogP contribution in [-0.2, 0) is 26.7 Å². The summed E-state index contributed by atoms with van der Waals surface area (Å²) in [6.07, 6.45) is 4.39. The normalized spacial score (nSPS) is 12.2. The van der Waals surface area contributed by atoms with Crippen molar-refractivity contribution in [3.8, 4) is 5.69 Å². The highest BCUT2D eigenvalue weighted by atomic mass is 32.2. The molecule has 0 saturated heterocycles. The second kappa shape index (κ2) is 9.26. The minimum atomic E-state index is -4.83. The number of hydrogen-bond donors (Lipinski definition) is 2. The first-order valence-corrected chi connectivity index (χ1v) is 12.3. The summed E-state index contributed by atoms with van der Waals surface area (Å²) in [4.78, 5) is 10.0. The summed E-state index contributed by atoms with van der Waals surface area (Å²) in [5, 5.41) is 19.4. The van der Waals surface area contributed by atoms with Gasteiger partial charge in [0.2, 0.25) is 0 Å². The van der Waals surface area contributed by atoms with E-state index in [0.29, 0.717) is 23.9 Å². The van der Waals surface area contributed by atoms with Crippen LogP contribution < -0.4 is 0 Å². The van der Waals surface area contributed by atoms with Crippen molar-refractivity contribution in [3.63, 3.8) is 0 Å². The fraction of sp³-hybridized carbons (Fsp3) is 0.100. The highest BCUT2D eigenvalue weighted by Crippen LogP contribution is 2.26. The lowest BCUT2D eigenvalue weighted by Crippen LogP contribution is -2.05. The average Bonchev–Trinajstić information content (AvgIpc) is 3.11. The minimum Gasteiger partial charge on any atom is -0.282 e. The molecule has 0 radical (unpaired) electrons. The molecule has 0 unspecified atom stereocenters. The number of nitrogens with zero attached hydrogens (tertiary/aromatic N) is 4. The van der Waals surface area contributed by atoms with Crippen molar-refractivity contribution >= 4 is 38.1 Å². The second-order valence-corrected chi connectivity index (χ2v) is 9.78. The molecule has 0 spiro atoms. The van der Waals surface area contributed by atoms with Gasteiger partial charge in [0.1, 0.15) is 9.79 Å². The van der Waals surface area contributed by atoms with Crippen LogP contribution in [-0.4, -0.2) is 45.9 Å². The Morgan fingerprint density at radius 2 is 1.56 bits per heavy atom. The van der Waals surface area contributed by atoms with Crippen molar-refractivity contribution in [1.82, 2.24) is 15.0 Å². The van der Waals surface area contributed by atoms with E-state index in [1.807, 2.05) is 0 Å². The lowest BCUT2D eigenvalue weighted by molar-refractivity contribution is -0.385. The fourth-order valence-electron chi connectivity index (χ4n) is 3.04. The van der Waals surface area contributed by atoms with E-state index in [1.54, 1.807) is 13.0 Å². The van der Waals surface area contributed by atoms with Crippen LogP contribution in [0.4, 0.5) is 5.69 Å². The zero-order valence-corrected chi connectivity index (χ0v) is 19.2. The molecule has 178 valence electrons. The van der Waals surface area contributed by atoms with Crippen LogP contribution in [0.2, 0.25) is 0 Å². The van der Waals surface area contributed by atoms with Gasteiger partial charge in [0.05, 0.1) is 22.0 Å². The van der Waals surface area contributed by atoms with Gasteiger partial charge in [-0.25, -0.2) is 0 Å². The predicted octanol–water partition coefficient (Wildman–Crippen LogP) is 2.88. The number of nitro benzene ring substituents is 1. The molecular formula is C20H18N4O8S2. The number of non-ortho nitro benzene ring substituents is 1. The van der Waals surface area contributed by atoms with Crippen LogP contribution in [0.5, 0.6) is 0 Å². The summed E-state index contributed by atoms with van der Waals surface area (Å²) in [6.45, 7) is 5.36. The van der Waals surface area contributed by atoms with E-state index in [4.69, 9.17) is 0 Å². The maximum atomic E-state index is 12.0. The molecular weight excluding hydrogens is 488 g/mol. The molecule has 2 aromatic carbocycles. The van der Waals surface area contributed by atoms with Gasteiger partial charge in [-0.2, -0.15) is 31.8 Å². The van der Waals surface area contributed by atoms with Crippen molar-refractivity contribution in [1.29, 1.82) is 0 Å². The Balaban J connectivity index is 2.10. The number of rotatable bonds is 8. The topological polar surface area (TPSA) is 183 Å². The van der Waals surface area contributed by atoms with Gasteiger partial charge in [0.25, 0.3) is 25.9 Å². The van der Waals surface area contributed by atoms with Crippen LogP contribution >= 0.6 is 0 Å². The maximum absolute atomic E-state index is 12.0.